The number of hydrogen-bond acceptors (Lipinski definition) is 6. The molecule has 1 N–H and O–H groups in total. The average molecular weight is 521 g/mol. The molecule has 37 heavy (non-hydrogen) atoms. The number of alkyl halides is 3. The van der Waals surface area contributed by atoms with Crippen molar-refractivity contribution in [3.05, 3.63) is 66.0 Å². The molecule has 1 aromatic heterocycles. The van der Waals surface area contributed by atoms with Crippen LogP contribution in [0.4, 0.5) is 13.2 Å². The number of amides is 2. The number of piperidine rings is 1. The summed E-state index contributed by atoms with van der Waals surface area (Å²) in [7, 11) is 1.52. The molecule has 0 radical (unpaired) electrons. The summed E-state index contributed by atoms with van der Waals surface area (Å²) in [6.07, 6.45) is 0.776. The minimum absolute atomic E-state index is 0.00300. The Morgan fingerprint density at radius 1 is 1.05 bits per heavy atom. The maximum atomic E-state index is 12.8. The van der Waals surface area contributed by atoms with Gasteiger partial charge in [0.05, 0.1) is 17.7 Å². The molecule has 198 valence electrons. The highest BCUT2D eigenvalue weighted by Gasteiger charge is 2.48. The van der Waals surface area contributed by atoms with Gasteiger partial charge in [0, 0.05) is 39.0 Å². The van der Waals surface area contributed by atoms with Crippen molar-refractivity contribution in [2.45, 2.75) is 37.4 Å². The number of ether oxygens (including phenoxy) is 1. The second-order valence-corrected chi connectivity index (χ2v) is 8.67. The van der Waals surface area contributed by atoms with E-state index in [1.165, 1.54) is 7.11 Å². The summed E-state index contributed by atoms with van der Waals surface area (Å²) in [6.45, 7) is 1.21. The van der Waals surface area contributed by atoms with Crippen LogP contribution in [0, 0.1) is 0 Å². The third-order valence-electron chi connectivity index (χ3n) is 6.15. The summed E-state index contributed by atoms with van der Waals surface area (Å²) in [4.78, 5) is 40.4. The first-order chi connectivity index (χ1) is 17.6. The van der Waals surface area contributed by atoms with Gasteiger partial charge in [0.25, 0.3) is 5.91 Å². The van der Waals surface area contributed by atoms with Crippen molar-refractivity contribution in [2.24, 2.45) is 5.10 Å². The Morgan fingerprint density at radius 3 is 2.24 bits per heavy atom. The van der Waals surface area contributed by atoms with Crippen LogP contribution in [0.25, 0.3) is 0 Å². The van der Waals surface area contributed by atoms with E-state index in [0.717, 1.165) is 16.8 Å². The second kappa shape index (κ2) is 12.0. The molecule has 1 spiro atoms. The molecular formula is C25H27F3N4O5. The largest absolute Gasteiger partial charge is 0.490 e. The summed E-state index contributed by atoms with van der Waals surface area (Å²) >= 11 is 0. The number of likely N-dealkylation sites (tertiary alicyclic amines) is 1. The molecule has 2 aliphatic heterocycles. The molecule has 2 aromatic rings. The number of carbonyl (C=O) groups is 3. The van der Waals surface area contributed by atoms with Crippen LogP contribution < -0.4 is 0 Å². The molecule has 1 saturated heterocycles. The zero-order valence-corrected chi connectivity index (χ0v) is 20.1. The number of nitrogens with zero attached hydrogens (tertiary/aromatic N) is 4. The lowest BCUT2D eigenvalue weighted by atomic mass is 9.82. The maximum Gasteiger partial charge on any atom is 0.490 e. The third kappa shape index (κ3) is 7.13. The van der Waals surface area contributed by atoms with Gasteiger partial charge in [-0.1, -0.05) is 36.4 Å². The van der Waals surface area contributed by atoms with Crippen molar-refractivity contribution < 1.29 is 37.4 Å². The zero-order valence-electron chi connectivity index (χ0n) is 20.1. The van der Waals surface area contributed by atoms with E-state index in [0.29, 0.717) is 38.8 Å². The number of carboxylic acids is 1. The number of pyridine rings is 1. The van der Waals surface area contributed by atoms with Gasteiger partial charge in [-0.05, 0) is 30.0 Å². The van der Waals surface area contributed by atoms with Crippen LogP contribution in [-0.2, 0) is 25.5 Å². The predicted octanol–water partition coefficient (Wildman–Crippen LogP) is 2.90. The van der Waals surface area contributed by atoms with Crippen LogP contribution >= 0.6 is 0 Å². The second-order valence-electron chi connectivity index (χ2n) is 8.67. The van der Waals surface area contributed by atoms with E-state index >= 15 is 0 Å². The first kappa shape index (κ1) is 27.8. The van der Waals surface area contributed by atoms with Gasteiger partial charge in [-0.15, -0.1) is 0 Å². The number of aromatic nitrogens is 1. The van der Waals surface area contributed by atoms with E-state index in [9.17, 15) is 22.8 Å². The van der Waals surface area contributed by atoms with Gasteiger partial charge in [-0.3, -0.25) is 14.6 Å². The Hall–Kier alpha value is -3.80. The molecule has 3 heterocycles. The summed E-state index contributed by atoms with van der Waals surface area (Å²) in [5.41, 5.74) is 2.46. The fourth-order valence-corrected chi connectivity index (χ4v) is 4.29. The number of halogens is 3. The predicted molar refractivity (Wildman–Crippen MR) is 126 cm³/mol. The first-order valence-corrected chi connectivity index (χ1v) is 11.5. The number of aliphatic carboxylic acids is 1. The fraction of sp³-hybridized carbons (Fsp3) is 0.400. The molecule has 0 saturated carbocycles. The highest BCUT2D eigenvalue weighted by molar-refractivity contribution is 6.03. The minimum Gasteiger partial charge on any atom is -0.475 e. The quantitative estimate of drug-likeness (QED) is 0.649. The van der Waals surface area contributed by atoms with Crippen molar-refractivity contribution in [1.82, 2.24) is 14.9 Å². The highest BCUT2D eigenvalue weighted by Crippen LogP contribution is 2.39. The highest BCUT2D eigenvalue weighted by atomic mass is 19.4. The Kier molecular flexibility index (Phi) is 8.98. The fourth-order valence-electron chi connectivity index (χ4n) is 4.29. The molecule has 0 bridgehead atoms. The molecule has 1 aromatic carbocycles. The number of methoxy groups -OCH3 is 1. The van der Waals surface area contributed by atoms with Crippen molar-refractivity contribution in [3.8, 4) is 0 Å². The van der Waals surface area contributed by atoms with Gasteiger partial charge >= 0.3 is 12.1 Å². The summed E-state index contributed by atoms with van der Waals surface area (Å²) in [5, 5.41) is 13.5. The zero-order chi connectivity index (χ0) is 27.1. The van der Waals surface area contributed by atoms with Crippen LogP contribution in [0.1, 0.15) is 30.4 Å². The Balaban J connectivity index is 0.000000479. The van der Waals surface area contributed by atoms with Gasteiger partial charge in [0.2, 0.25) is 5.91 Å². The third-order valence-corrected chi connectivity index (χ3v) is 6.15. The van der Waals surface area contributed by atoms with Crippen LogP contribution in [0.5, 0.6) is 0 Å². The van der Waals surface area contributed by atoms with Crippen molar-refractivity contribution in [2.75, 3.05) is 26.8 Å². The normalized spacial score (nSPS) is 16.6. The van der Waals surface area contributed by atoms with Gasteiger partial charge in [-0.25, -0.2) is 9.80 Å². The van der Waals surface area contributed by atoms with E-state index in [4.69, 9.17) is 19.7 Å². The smallest absolute Gasteiger partial charge is 0.475 e. The number of carbonyl (C=O) groups excluding carboxylic acids is 2. The van der Waals surface area contributed by atoms with Crippen LogP contribution in [0.3, 0.4) is 0 Å². The van der Waals surface area contributed by atoms with E-state index in [2.05, 4.69) is 4.98 Å². The minimum atomic E-state index is -5.08. The lowest BCUT2D eigenvalue weighted by molar-refractivity contribution is -0.192. The van der Waals surface area contributed by atoms with E-state index in [1.54, 1.807) is 17.4 Å². The van der Waals surface area contributed by atoms with E-state index in [-0.39, 0.29) is 18.4 Å². The molecule has 0 atom stereocenters. The summed E-state index contributed by atoms with van der Waals surface area (Å²) in [5.74, 6) is -2.80. The first-order valence-electron chi connectivity index (χ1n) is 11.5. The topological polar surface area (TPSA) is 112 Å². The molecule has 9 nitrogen and oxygen atoms in total. The summed E-state index contributed by atoms with van der Waals surface area (Å²) < 4.78 is 36.8. The molecule has 2 aliphatic rings. The molecule has 0 aliphatic carbocycles. The van der Waals surface area contributed by atoms with E-state index < -0.39 is 17.7 Å². The molecule has 12 heteroatoms. The van der Waals surface area contributed by atoms with Crippen LogP contribution in [0.15, 0.2) is 60.0 Å². The molecule has 2 amide bonds. The van der Waals surface area contributed by atoms with Crippen molar-refractivity contribution in [1.29, 1.82) is 0 Å². The molecule has 4 rings (SSSR count). The van der Waals surface area contributed by atoms with Gasteiger partial charge in [-0.2, -0.15) is 18.3 Å². The number of rotatable bonds is 5. The molecular weight excluding hydrogens is 493 g/mol. The van der Waals surface area contributed by atoms with Crippen molar-refractivity contribution >= 4 is 23.5 Å². The molecule has 1 fully saturated rings. The Bertz CT molecular complexity index is 1120. The molecule has 0 unspecified atom stereocenters. The van der Waals surface area contributed by atoms with Crippen molar-refractivity contribution in [3.63, 3.8) is 0 Å². The lowest BCUT2D eigenvalue weighted by Crippen LogP contribution is -2.55. The average Bonchev–Trinajstić information content (AvgIpc) is 3.24. The summed E-state index contributed by atoms with van der Waals surface area (Å²) in [6, 6.07) is 13.7. The van der Waals surface area contributed by atoms with Gasteiger partial charge in [0.1, 0.15) is 6.61 Å². The number of carboxylic acid groups (broad SMARTS) is 1. The standard InChI is InChI=1S/C23H26N4O3.C2HF3O2/c1-30-17-22(29)27-23(15-20(25-27)19-7-3-2-4-8-19)9-12-26(13-10-23)21(28)14-18-6-5-11-24-16-18;3-2(4,5)1(6)7/h2-8,11,16H,9-10,12-15,17H2,1H3;(H,6,7). The van der Waals surface area contributed by atoms with Crippen LogP contribution in [0.2, 0.25) is 0 Å². The van der Waals surface area contributed by atoms with E-state index in [1.807, 2.05) is 47.4 Å². The Morgan fingerprint density at radius 2 is 1.70 bits per heavy atom. The number of hydrogen-bond donors (Lipinski definition) is 1. The van der Waals surface area contributed by atoms with Crippen LogP contribution in [-0.4, -0.2) is 82.0 Å². The number of benzene rings is 1. The van der Waals surface area contributed by atoms with Gasteiger partial charge < -0.3 is 14.7 Å². The monoisotopic (exact) mass is 520 g/mol. The lowest BCUT2D eigenvalue weighted by Gasteiger charge is -2.43. The SMILES string of the molecule is COCC(=O)N1N=C(c2ccccc2)CC12CCN(C(=O)Cc1cccnc1)CC2.O=C(O)C(F)(F)F. The number of hydrazone groups is 1. The maximum absolute atomic E-state index is 12.8. The Labute approximate surface area is 211 Å². The van der Waals surface area contributed by atoms with Gasteiger partial charge in [0.15, 0.2) is 0 Å².